The van der Waals surface area contributed by atoms with Gasteiger partial charge in [0.15, 0.2) is 5.84 Å². The average molecular weight is 258 g/mol. The van der Waals surface area contributed by atoms with Gasteiger partial charge >= 0.3 is 0 Å². The van der Waals surface area contributed by atoms with E-state index < -0.39 is 0 Å². The summed E-state index contributed by atoms with van der Waals surface area (Å²) < 4.78 is 5.19. The maximum absolute atomic E-state index is 8.66. The van der Waals surface area contributed by atoms with Gasteiger partial charge in [-0.05, 0) is 24.6 Å². The van der Waals surface area contributed by atoms with Crippen molar-refractivity contribution in [3.8, 4) is 5.75 Å². The normalized spacial score (nSPS) is 13.2. The zero-order valence-corrected chi connectivity index (χ0v) is 10.5. The maximum Gasteiger partial charge on any atom is 0.161 e. The minimum atomic E-state index is -0.271. The average Bonchev–Trinajstić information content (AvgIpc) is 2.35. The van der Waals surface area contributed by atoms with Crippen LogP contribution in [0, 0.1) is 0 Å². The van der Waals surface area contributed by atoms with Crippen molar-refractivity contribution in [2.45, 2.75) is 19.4 Å². The van der Waals surface area contributed by atoms with Crippen molar-refractivity contribution in [3.63, 3.8) is 0 Å². The van der Waals surface area contributed by atoms with E-state index in [4.69, 9.17) is 27.3 Å². The first-order chi connectivity index (χ1) is 8.12. The van der Waals surface area contributed by atoms with Crippen LogP contribution in [0.25, 0.3) is 0 Å². The van der Waals surface area contributed by atoms with Crippen LogP contribution in [0.5, 0.6) is 5.75 Å². The zero-order chi connectivity index (χ0) is 12.8. The second kappa shape index (κ2) is 6.20. The molecule has 0 heterocycles. The Kier molecular flexibility index (Phi) is 4.90. The topological polar surface area (TPSA) is 79.9 Å². The van der Waals surface area contributed by atoms with Crippen LogP contribution in [0.1, 0.15) is 13.3 Å². The van der Waals surface area contributed by atoms with Gasteiger partial charge in [-0.25, -0.2) is 0 Å². The summed E-state index contributed by atoms with van der Waals surface area (Å²) in [4.78, 5) is 0. The van der Waals surface area contributed by atoms with Crippen molar-refractivity contribution in [2.75, 3.05) is 12.4 Å². The van der Waals surface area contributed by atoms with Gasteiger partial charge in [0, 0.05) is 5.02 Å². The van der Waals surface area contributed by atoms with Gasteiger partial charge in [-0.3, -0.25) is 0 Å². The third-order valence-electron chi connectivity index (χ3n) is 2.37. The number of nitrogens with two attached hydrogens (primary N) is 1. The molecule has 4 N–H and O–H groups in total. The minimum absolute atomic E-state index is 0.120. The summed E-state index contributed by atoms with van der Waals surface area (Å²) in [7, 11) is 1.57. The number of methoxy groups -OCH3 is 1. The third-order valence-corrected chi connectivity index (χ3v) is 2.61. The number of hydrogen-bond donors (Lipinski definition) is 3. The molecule has 0 radical (unpaired) electrons. The van der Waals surface area contributed by atoms with Crippen molar-refractivity contribution in [2.24, 2.45) is 10.9 Å². The lowest BCUT2D eigenvalue weighted by atomic mass is 10.2. The molecule has 1 aromatic rings. The molecule has 5 nitrogen and oxygen atoms in total. The number of nitrogens with zero attached hydrogens (tertiary/aromatic N) is 1. The Morgan fingerprint density at radius 2 is 2.35 bits per heavy atom. The minimum Gasteiger partial charge on any atom is -0.495 e. The number of anilines is 1. The number of amidine groups is 1. The predicted molar refractivity (Wildman–Crippen MR) is 69.1 cm³/mol. The summed E-state index contributed by atoms with van der Waals surface area (Å²) in [6.07, 6.45) is 0.672. The van der Waals surface area contributed by atoms with Crippen molar-refractivity contribution in [1.29, 1.82) is 0 Å². The molecule has 0 fully saturated rings. The van der Waals surface area contributed by atoms with E-state index in [9.17, 15) is 0 Å². The summed E-state index contributed by atoms with van der Waals surface area (Å²) >= 11 is 5.91. The molecular formula is C11H16ClN3O2. The quantitative estimate of drug-likeness (QED) is 0.327. The Balaban J connectivity index is 2.96. The number of oxime groups is 1. The number of benzene rings is 1. The smallest absolute Gasteiger partial charge is 0.161 e. The molecule has 0 saturated heterocycles. The van der Waals surface area contributed by atoms with Crippen LogP contribution in [0.2, 0.25) is 5.02 Å². The highest BCUT2D eigenvalue weighted by Gasteiger charge is 2.14. The van der Waals surface area contributed by atoms with Crippen LogP contribution < -0.4 is 15.8 Å². The van der Waals surface area contributed by atoms with Gasteiger partial charge in [0.25, 0.3) is 0 Å². The van der Waals surface area contributed by atoms with Gasteiger partial charge in [0.2, 0.25) is 0 Å². The number of hydrogen-bond acceptors (Lipinski definition) is 4. The second-order valence-corrected chi connectivity index (χ2v) is 3.91. The molecule has 1 aromatic carbocycles. The fourth-order valence-electron chi connectivity index (χ4n) is 1.44. The summed E-state index contributed by atoms with van der Waals surface area (Å²) in [6, 6.07) is 4.94. The van der Waals surface area contributed by atoms with E-state index in [2.05, 4.69) is 10.5 Å². The van der Waals surface area contributed by atoms with E-state index in [0.29, 0.717) is 22.9 Å². The molecule has 0 aliphatic heterocycles. The molecule has 17 heavy (non-hydrogen) atoms. The molecule has 1 unspecified atom stereocenters. The molecule has 1 atom stereocenters. The number of halogens is 1. The van der Waals surface area contributed by atoms with Gasteiger partial charge in [-0.1, -0.05) is 23.7 Å². The van der Waals surface area contributed by atoms with Crippen LogP contribution in [0.15, 0.2) is 23.4 Å². The lowest BCUT2D eigenvalue weighted by Crippen LogP contribution is -2.35. The molecule has 0 spiro atoms. The van der Waals surface area contributed by atoms with Crippen LogP contribution in [0.3, 0.4) is 0 Å². The summed E-state index contributed by atoms with van der Waals surface area (Å²) in [6.45, 7) is 1.92. The van der Waals surface area contributed by atoms with Gasteiger partial charge in [-0.15, -0.1) is 0 Å². The zero-order valence-electron chi connectivity index (χ0n) is 9.77. The molecular weight excluding hydrogens is 242 g/mol. The molecule has 0 bridgehead atoms. The molecule has 0 aliphatic rings. The fraction of sp³-hybridized carbons (Fsp3) is 0.364. The van der Waals surface area contributed by atoms with E-state index in [1.807, 2.05) is 6.92 Å². The Bertz CT molecular complexity index is 410. The molecule has 0 saturated carbocycles. The predicted octanol–water partition coefficient (Wildman–Crippen LogP) is 2.29. The van der Waals surface area contributed by atoms with Crippen LogP contribution in [-0.2, 0) is 0 Å². The van der Waals surface area contributed by atoms with Crippen molar-refractivity contribution < 1.29 is 9.94 Å². The Morgan fingerprint density at radius 3 is 2.88 bits per heavy atom. The molecule has 0 amide bonds. The first-order valence-electron chi connectivity index (χ1n) is 5.19. The van der Waals surface area contributed by atoms with E-state index in [-0.39, 0.29) is 11.9 Å². The van der Waals surface area contributed by atoms with Crippen LogP contribution >= 0.6 is 11.6 Å². The highest BCUT2D eigenvalue weighted by molar-refractivity contribution is 6.30. The molecule has 1 rings (SSSR count). The van der Waals surface area contributed by atoms with E-state index in [1.165, 1.54) is 0 Å². The molecule has 0 aliphatic carbocycles. The van der Waals surface area contributed by atoms with Gasteiger partial charge in [-0.2, -0.15) is 0 Å². The van der Waals surface area contributed by atoms with Crippen LogP contribution in [-0.4, -0.2) is 24.2 Å². The van der Waals surface area contributed by atoms with Crippen LogP contribution in [0.4, 0.5) is 5.69 Å². The Morgan fingerprint density at radius 1 is 1.65 bits per heavy atom. The lowest BCUT2D eigenvalue weighted by Gasteiger charge is -2.18. The maximum atomic E-state index is 8.66. The van der Waals surface area contributed by atoms with Gasteiger partial charge in [0.05, 0.1) is 18.8 Å². The first-order valence-corrected chi connectivity index (χ1v) is 5.57. The van der Waals surface area contributed by atoms with Gasteiger partial charge in [0.1, 0.15) is 5.75 Å². The van der Waals surface area contributed by atoms with E-state index in [0.717, 1.165) is 0 Å². The van der Waals surface area contributed by atoms with Crippen molar-refractivity contribution in [1.82, 2.24) is 0 Å². The highest BCUT2D eigenvalue weighted by atomic mass is 35.5. The second-order valence-electron chi connectivity index (χ2n) is 3.47. The third kappa shape index (κ3) is 3.42. The van der Waals surface area contributed by atoms with E-state index >= 15 is 0 Å². The lowest BCUT2D eigenvalue weighted by molar-refractivity contribution is 0.316. The summed E-state index contributed by atoms with van der Waals surface area (Å²) in [5, 5.41) is 15.4. The van der Waals surface area contributed by atoms with Crippen molar-refractivity contribution >= 4 is 23.1 Å². The highest BCUT2D eigenvalue weighted by Crippen LogP contribution is 2.28. The largest absolute Gasteiger partial charge is 0.495 e. The number of ether oxygens (including phenoxy) is 1. The SMILES string of the molecule is CCC(Nc1cc(Cl)ccc1OC)C(N)=NO. The number of rotatable bonds is 5. The molecule has 94 valence electrons. The monoisotopic (exact) mass is 257 g/mol. The molecule has 6 heteroatoms. The Labute approximate surface area is 105 Å². The fourth-order valence-corrected chi connectivity index (χ4v) is 1.61. The summed E-state index contributed by atoms with van der Waals surface area (Å²) in [5.74, 6) is 0.771. The van der Waals surface area contributed by atoms with E-state index in [1.54, 1.807) is 25.3 Å². The first kappa shape index (κ1) is 13.4. The summed E-state index contributed by atoms with van der Waals surface area (Å²) in [5.41, 5.74) is 6.28. The van der Waals surface area contributed by atoms with Gasteiger partial charge < -0.3 is 21.0 Å². The standard InChI is InChI=1S/C11H16ClN3O2/c1-3-8(11(13)15-16)14-9-6-7(12)4-5-10(9)17-2/h4-6,8,14,16H,3H2,1-2H3,(H2,13,15). The number of nitrogens with one attached hydrogen (secondary N) is 1. The molecule has 0 aromatic heterocycles. The Hall–Kier alpha value is -1.62. The van der Waals surface area contributed by atoms with Crippen molar-refractivity contribution in [3.05, 3.63) is 23.2 Å².